The number of nitrogens with zero attached hydrogens (tertiary/aromatic N) is 6. The number of hydrogen-bond acceptors (Lipinski definition) is 12. The third-order valence-corrected chi connectivity index (χ3v) is 6.25. The van der Waals surface area contributed by atoms with E-state index < -0.39 is 9.85 Å². The van der Waals surface area contributed by atoms with Crippen LogP contribution in [0.4, 0.5) is 17.2 Å². The molecule has 14 nitrogen and oxygen atoms in total. The minimum absolute atomic E-state index is 0.0288. The van der Waals surface area contributed by atoms with E-state index in [1.54, 1.807) is 0 Å². The van der Waals surface area contributed by atoms with Gasteiger partial charge in [0.2, 0.25) is 21.5 Å². The van der Waals surface area contributed by atoms with Crippen LogP contribution in [0.25, 0.3) is 0 Å². The first-order chi connectivity index (χ1) is 17.5. The molecule has 17 heteroatoms. The number of hydrogen-bond donors (Lipinski definition) is 4. The van der Waals surface area contributed by atoms with Crippen molar-refractivity contribution in [2.45, 2.75) is 75.7 Å². The third-order valence-electron chi connectivity index (χ3n) is 5.61. The molecule has 0 saturated heterocycles. The van der Waals surface area contributed by atoms with E-state index in [0.717, 1.165) is 50.9 Å². The highest BCUT2D eigenvalue weighted by Gasteiger charge is 2.24. The minimum Gasteiger partial charge on any atom is -0.393 e. The SMILES string of the molecule is NC1CCC(O)CC1.O=[N+]([O-])c1cnc(Cl)nc1Cl.O=[N+]([O-])c1cnc(Cl)nc1NC1CCC(O)CC1. The van der Waals surface area contributed by atoms with E-state index in [2.05, 4.69) is 25.3 Å². The summed E-state index contributed by atoms with van der Waals surface area (Å²) in [4.78, 5) is 33.9. The van der Waals surface area contributed by atoms with Crippen molar-refractivity contribution in [3.63, 3.8) is 0 Å². The van der Waals surface area contributed by atoms with Crippen LogP contribution in [-0.4, -0.2) is 64.3 Å². The summed E-state index contributed by atoms with van der Waals surface area (Å²) in [7, 11) is 0. The molecule has 0 amide bonds. The summed E-state index contributed by atoms with van der Waals surface area (Å²) in [6.07, 6.45) is 8.40. The molecule has 0 spiro atoms. The summed E-state index contributed by atoms with van der Waals surface area (Å²) in [5.41, 5.74) is 5.05. The van der Waals surface area contributed by atoms with E-state index >= 15 is 0 Å². The molecule has 0 aromatic carbocycles. The lowest BCUT2D eigenvalue weighted by atomic mass is 9.93. The molecule has 0 aliphatic heterocycles. The normalized spacial score (nSPS) is 23.0. The van der Waals surface area contributed by atoms with Gasteiger partial charge in [-0.2, -0.15) is 9.97 Å². The average Bonchev–Trinajstić information content (AvgIpc) is 2.83. The molecule has 2 heterocycles. The van der Waals surface area contributed by atoms with Gasteiger partial charge in [-0.15, -0.1) is 0 Å². The van der Waals surface area contributed by atoms with E-state index in [9.17, 15) is 25.3 Å². The van der Waals surface area contributed by atoms with Crippen molar-refractivity contribution < 1.29 is 20.1 Å². The largest absolute Gasteiger partial charge is 0.393 e. The lowest BCUT2D eigenvalue weighted by Crippen LogP contribution is -2.28. The number of rotatable bonds is 4. The molecule has 0 radical (unpaired) electrons. The summed E-state index contributed by atoms with van der Waals surface area (Å²) >= 11 is 16.3. The second-order valence-corrected chi connectivity index (χ2v) is 9.45. The van der Waals surface area contributed by atoms with Crippen LogP contribution in [0.2, 0.25) is 15.7 Å². The highest BCUT2D eigenvalue weighted by Crippen LogP contribution is 2.27. The van der Waals surface area contributed by atoms with Crippen LogP contribution in [0.3, 0.4) is 0 Å². The smallest absolute Gasteiger partial charge is 0.329 e. The summed E-state index contributed by atoms with van der Waals surface area (Å²) in [6, 6.07) is 0.427. The second kappa shape index (κ2) is 15.1. The second-order valence-electron chi connectivity index (χ2n) is 8.42. The zero-order valence-corrected chi connectivity index (χ0v) is 21.8. The van der Waals surface area contributed by atoms with Crippen molar-refractivity contribution in [3.8, 4) is 0 Å². The molecule has 2 aliphatic carbocycles. The van der Waals surface area contributed by atoms with Crippen molar-refractivity contribution in [2.24, 2.45) is 5.73 Å². The number of nitrogens with one attached hydrogen (secondary N) is 1. The molecule has 2 fully saturated rings. The van der Waals surface area contributed by atoms with Crippen molar-refractivity contribution in [1.29, 1.82) is 0 Å². The van der Waals surface area contributed by atoms with Gasteiger partial charge >= 0.3 is 11.4 Å². The van der Waals surface area contributed by atoms with Gasteiger partial charge < -0.3 is 21.3 Å². The molecule has 2 aromatic heterocycles. The first-order valence-corrected chi connectivity index (χ1v) is 12.5. The van der Waals surface area contributed by atoms with Crippen LogP contribution in [0.1, 0.15) is 51.4 Å². The number of nitro groups is 2. The molecule has 5 N–H and O–H groups in total. The fourth-order valence-electron chi connectivity index (χ4n) is 3.57. The van der Waals surface area contributed by atoms with Crippen molar-refractivity contribution in [2.75, 3.05) is 5.32 Å². The summed E-state index contributed by atoms with van der Waals surface area (Å²) < 4.78 is 0. The Bertz CT molecular complexity index is 1040. The Hall–Kier alpha value is -2.49. The monoisotopic (exact) mass is 580 g/mol. The van der Waals surface area contributed by atoms with Gasteiger partial charge in [0, 0.05) is 12.1 Å². The molecule has 0 unspecified atom stereocenters. The Balaban J connectivity index is 0.000000215. The van der Waals surface area contributed by atoms with Crippen LogP contribution < -0.4 is 11.1 Å². The molecular weight excluding hydrogens is 555 g/mol. The van der Waals surface area contributed by atoms with Crippen molar-refractivity contribution >= 4 is 52.0 Å². The highest BCUT2D eigenvalue weighted by molar-refractivity contribution is 6.33. The van der Waals surface area contributed by atoms with Gasteiger partial charge in [0.15, 0.2) is 0 Å². The highest BCUT2D eigenvalue weighted by atomic mass is 35.5. The van der Waals surface area contributed by atoms with Gasteiger partial charge in [0.05, 0.1) is 22.1 Å². The zero-order valence-electron chi connectivity index (χ0n) is 19.5. The lowest BCUT2D eigenvalue weighted by molar-refractivity contribution is -0.385. The third kappa shape index (κ3) is 10.8. The van der Waals surface area contributed by atoms with Crippen LogP contribution >= 0.6 is 34.8 Å². The Morgan fingerprint density at radius 3 is 1.73 bits per heavy atom. The average molecular weight is 582 g/mol. The fourth-order valence-corrected chi connectivity index (χ4v) is 4.07. The number of aliphatic hydroxyl groups is 2. The van der Waals surface area contributed by atoms with Crippen LogP contribution in [-0.2, 0) is 0 Å². The first kappa shape index (κ1) is 30.7. The van der Waals surface area contributed by atoms with Crippen LogP contribution in [0.15, 0.2) is 12.4 Å². The quantitative estimate of drug-likeness (QED) is 0.176. The molecule has 204 valence electrons. The summed E-state index contributed by atoms with van der Waals surface area (Å²) in [6.45, 7) is 0. The Labute approximate surface area is 226 Å². The van der Waals surface area contributed by atoms with Gasteiger partial charge in [-0.05, 0) is 74.6 Å². The maximum atomic E-state index is 10.8. The molecule has 2 aliphatic rings. The van der Waals surface area contributed by atoms with Crippen molar-refractivity contribution in [3.05, 3.63) is 48.3 Å². The van der Waals surface area contributed by atoms with E-state index in [1.165, 1.54) is 0 Å². The number of aromatic nitrogens is 4. The zero-order chi connectivity index (χ0) is 27.5. The van der Waals surface area contributed by atoms with E-state index in [0.29, 0.717) is 18.9 Å². The molecule has 2 aromatic rings. The molecular formula is C20H27Cl3N8O6. The van der Waals surface area contributed by atoms with Gasteiger partial charge in [-0.3, -0.25) is 20.2 Å². The van der Waals surface area contributed by atoms with Gasteiger partial charge in [-0.25, -0.2) is 9.97 Å². The Kier molecular flexibility index (Phi) is 12.5. The first-order valence-electron chi connectivity index (χ1n) is 11.3. The van der Waals surface area contributed by atoms with E-state index in [1.807, 2.05) is 0 Å². The predicted molar refractivity (Wildman–Crippen MR) is 137 cm³/mol. The summed E-state index contributed by atoms with van der Waals surface area (Å²) in [5, 5.41) is 41.9. The minimum atomic E-state index is -0.682. The van der Waals surface area contributed by atoms with E-state index in [4.69, 9.17) is 45.6 Å². The van der Waals surface area contributed by atoms with E-state index in [-0.39, 0.29) is 51.2 Å². The van der Waals surface area contributed by atoms with Gasteiger partial charge in [0.25, 0.3) is 0 Å². The fraction of sp³-hybridized carbons (Fsp3) is 0.600. The van der Waals surface area contributed by atoms with Gasteiger partial charge in [0.1, 0.15) is 12.4 Å². The number of anilines is 1. The molecule has 4 rings (SSSR count). The molecule has 37 heavy (non-hydrogen) atoms. The maximum Gasteiger partial charge on any atom is 0.329 e. The predicted octanol–water partition coefficient (Wildman–Crippen LogP) is 3.69. The number of halogens is 3. The summed E-state index contributed by atoms with van der Waals surface area (Å²) in [5.74, 6) is 0.140. The van der Waals surface area contributed by atoms with Crippen LogP contribution in [0, 0.1) is 20.2 Å². The maximum absolute atomic E-state index is 10.8. The topological polar surface area (TPSA) is 216 Å². The molecule has 0 bridgehead atoms. The van der Waals surface area contributed by atoms with Gasteiger partial charge in [-0.1, -0.05) is 11.6 Å². The number of nitrogens with two attached hydrogens (primary N) is 1. The lowest BCUT2D eigenvalue weighted by Gasteiger charge is -2.26. The molecule has 2 saturated carbocycles. The standard InChI is InChI=1S/C10H13ClN4O3.C6H13NO.C4HCl2N3O2/c11-10-12-5-8(15(17)18)9(14-10)13-6-1-3-7(16)4-2-6;7-5-1-3-6(8)4-2-5;5-3-2(9(10)11)1-7-4(6)8-3/h5-7,16H,1-4H2,(H,12,13,14);5-6,8H,1-4,7H2;1H. The number of aliphatic hydroxyl groups excluding tert-OH is 2. The Morgan fingerprint density at radius 1 is 0.811 bits per heavy atom. The Morgan fingerprint density at radius 2 is 1.27 bits per heavy atom. The van der Waals surface area contributed by atoms with Crippen LogP contribution in [0.5, 0.6) is 0 Å². The molecule has 0 atom stereocenters. The van der Waals surface area contributed by atoms with Crippen molar-refractivity contribution in [1.82, 2.24) is 19.9 Å².